The van der Waals surface area contributed by atoms with E-state index in [0.29, 0.717) is 51.3 Å². The Balaban J connectivity index is 1.10. The highest BCUT2D eigenvalue weighted by molar-refractivity contribution is 6.06. The molecule has 1 aromatic carbocycles. The summed E-state index contributed by atoms with van der Waals surface area (Å²) in [4.78, 5) is 43.1. The van der Waals surface area contributed by atoms with Gasteiger partial charge < -0.3 is 9.80 Å². The maximum atomic E-state index is 14.0. The van der Waals surface area contributed by atoms with Crippen molar-refractivity contribution in [1.82, 2.24) is 9.80 Å². The molecule has 0 aromatic heterocycles. The lowest BCUT2D eigenvalue weighted by atomic mass is 9.85. The van der Waals surface area contributed by atoms with E-state index >= 15 is 0 Å². The normalized spacial score (nSPS) is 29.8. The van der Waals surface area contributed by atoms with Gasteiger partial charge in [-0.2, -0.15) is 0 Å². The van der Waals surface area contributed by atoms with Crippen LogP contribution in [-0.4, -0.2) is 60.2 Å². The van der Waals surface area contributed by atoms with Gasteiger partial charge in [0, 0.05) is 39.1 Å². The number of rotatable bonds is 5. The highest BCUT2D eigenvalue weighted by atomic mass is 19.1. The molecule has 30 heavy (non-hydrogen) atoms. The Kier molecular flexibility index (Phi) is 4.83. The molecule has 5 rings (SSSR count). The number of likely N-dealkylation sites (tertiary alicyclic amines) is 1. The number of hydrogen-bond acceptors (Lipinski definition) is 4. The van der Waals surface area contributed by atoms with Crippen molar-refractivity contribution in [2.45, 2.75) is 19.3 Å². The lowest BCUT2D eigenvalue weighted by Gasteiger charge is -2.36. The first-order chi connectivity index (χ1) is 14.5. The van der Waals surface area contributed by atoms with Crippen LogP contribution in [0.25, 0.3) is 0 Å². The van der Waals surface area contributed by atoms with E-state index in [1.54, 1.807) is 17.0 Å². The fourth-order valence-electron chi connectivity index (χ4n) is 5.64. The number of amides is 3. The smallest absolute Gasteiger partial charge is 0.233 e. The van der Waals surface area contributed by atoms with E-state index in [4.69, 9.17) is 0 Å². The van der Waals surface area contributed by atoms with Gasteiger partial charge in [-0.25, -0.2) is 4.39 Å². The Bertz CT molecular complexity index is 879. The summed E-state index contributed by atoms with van der Waals surface area (Å²) in [5, 5.41) is 0. The molecule has 2 heterocycles. The fourth-order valence-corrected chi connectivity index (χ4v) is 5.64. The van der Waals surface area contributed by atoms with Crippen LogP contribution in [0.5, 0.6) is 0 Å². The number of imide groups is 1. The molecule has 3 fully saturated rings. The van der Waals surface area contributed by atoms with E-state index < -0.39 is 0 Å². The van der Waals surface area contributed by atoms with Crippen molar-refractivity contribution >= 4 is 23.4 Å². The van der Waals surface area contributed by atoms with Gasteiger partial charge in [-0.3, -0.25) is 19.3 Å². The number of carbonyl (C=O) groups is 3. The molecule has 158 valence electrons. The van der Waals surface area contributed by atoms with Crippen LogP contribution in [0.15, 0.2) is 36.4 Å². The average molecular weight is 411 g/mol. The molecule has 2 aliphatic carbocycles. The number of nitrogens with zero attached hydrogens (tertiary/aromatic N) is 3. The molecule has 0 spiro atoms. The summed E-state index contributed by atoms with van der Waals surface area (Å²) in [6, 6.07) is 6.69. The van der Waals surface area contributed by atoms with E-state index in [-0.39, 0.29) is 47.2 Å². The number of allylic oxidation sites excluding steroid dienone is 2. The average Bonchev–Trinajstić information content (AvgIpc) is 3.44. The number of piperazine rings is 1. The SMILES string of the molecule is O=C(CCCN1C(=O)[C@H]2[C@H](C1=O)[C@H]1C=C[C@H]2C1)N1CCN(c2ccccc2F)CC1. The van der Waals surface area contributed by atoms with Gasteiger partial charge in [0.15, 0.2) is 0 Å². The summed E-state index contributed by atoms with van der Waals surface area (Å²) in [5.41, 5.74) is 0.574. The van der Waals surface area contributed by atoms with Gasteiger partial charge in [-0.05, 0) is 36.8 Å². The molecule has 6 nitrogen and oxygen atoms in total. The zero-order chi connectivity index (χ0) is 20.8. The molecule has 2 bridgehead atoms. The van der Waals surface area contributed by atoms with Crippen LogP contribution in [-0.2, 0) is 14.4 Å². The van der Waals surface area contributed by atoms with Crippen molar-refractivity contribution in [2.24, 2.45) is 23.7 Å². The second kappa shape index (κ2) is 7.52. The number of hydrogen-bond donors (Lipinski definition) is 0. The van der Waals surface area contributed by atoms with Gasteiger partial charge in [0.25, 0.3) is 0 Å². The Morgan fingerprint density at radius 1 is 0.967 bits per heavy atom. The van der Waals surface area contributed by atoms with Crippen LogP contribution < -0.4 is 4.90 Å². The van der Waals surface area contributed by atoms with E-state index in [0.717, 1.165) is 6.42 Å². The number of halogens is 1. The number of anilines is 1. The molecule has 0 unspecified atom stereocenters. The fraction of sp³-hybridized carbons (Fsp3) is 0.522. The number of carbonyl (C=O) groups excluding carboxylic acids is 3. The van der Waals surface area contributed by atoms with Crippen LogP contribution in [0.3, 0.4) is 0 Å². The van der Waals surface area contributed by atoms with Gasteiger partial charge in [-0.1, -0.05) is 24.3 Å². The molecule has 2 aliphatic heterocycles. The van der Waals surface area contributed by atoms with Crippen LogP contribution in [0, 0.1) is 29.5 Å². The predicted molar refractivity (Wildman–Crippen MR) is 109 cm³/mol. The minimum Gasteiger partial charge on any atom is -0.366 e. The minimum atomic E-state index is -0.245. The van der Waals surface area contributed by atoms with Crippen LogP contribution >= 0.6 is 0 Å². The third-order valence-corrected chi connectivity index (χ3v) is 7.16. The topological polar surface area (TPSA) is 60.9 Å². The van der Waals surface area contributed by atoms with Crippen LogP contribution in [0.1, 0.15) is 19.3 Å². The third kappa shape index (κ3) is 3.11. The van der Waals surface area contributed by atoms with Gasteiger partial charge in [0.2, 0.25) is 17.7 Å². The van der Waals surface area contributed by atoms with Crippen molar-refractivity contribution in [2.75, 3.05) is 37.6 Å². The largest absolute Gasteiger partial charge is 0.366 e. The Morgan fingerprint density at radius 3 is 2.23 bits per heavy atom. The first kappa shape index (κ1) is 19.3. The van der Waals surface area contributed by atoms with Crippen molar-refractivity contribution in [3.05, 3.63) is 42.2 Å². The van der Waals surface area contributed by atoms with E-state index in [2.05, 4.69) is 12.2 Å². The second-order valence-electron chi connectivity index (χ2n) is 8.75. The molecule has 0 N–H and O–H groups in total. The number of fused-ring (bicyclic) bond motifs is 5. The molecule has 0 radical (unpaired) electrons. The number of para-hydroxylation sites is 1. The van der Waals surface area contributed by atoms with Gasteiger partial charge in [-0.15, -0.1) is 0 Å². The first-order valence-corrected chi connectivity index (χ1v) is 10.9. The van der Waals surface area contributed by atoms with Gasteiger partial charge in [0.1, 0.15) is 5.82 Å². The van der Waals surface area contributed by atoms with Crippen LogP contribution in [0.4, 0.5) is 10.1 Å². The lowest BCUT2D eigenvalue weighted by Crippen LogP contribution is -2.49. The maximum Gasteiger partial charge on any atom is 0.233 e. The molecule has 4 atom stereocenters. The second-order valence-corrected chi connectivity index (χ2v) is 8.75. The highest BCUT2D eigenvalue weighted by Crippen LogP contribution is 2.52. The van der Waals surface area contributed by atoms with Gasteiger partial charge in [0.05, 0.1) is 17.5 Å². The molecular weight excluding hydrogens is 385 g/mol. The molecule has 4 aliphatic rings. The first-order valence-electron chi connectivity index (χ1n) is 10.9. The van der Waals surface area contributed by atoms with Crippen molar-refractivity contribution < 1.29 is 18.8 Å². The van der Waals surface area contributed by atoms with Crippen molar-refractivity contribution in [1.29, 1.82) is 0 Å². The predicted octanol–water partition coefficient (Wildman–Crippen LogP) is 2.06. The summed E-state index contributed by atoms with van der Waals surface area (Å²) < 4.78 is 14.0. The minimum absolute atomic E-state index is 0.0317. The summed E-state index contributed by atoms with van der Waals surface area (Å²) in [6.07, 6.45) is 5.91. The van der Waals surface area contributed by atoms with E-state index in [1.807, 2.05) is 11.0 Å². The summed E-state index contributed by atoms with van der Waals surface area (Å²) >= 11 is 0. The zero-order valence-electron chi connectivity index (χ0n) is 16.9. The monoisotopic (exact) mass is 411 g/mol. The molecule has 3 amide bonds. The van der Waals surface area contributed by atoms with Crippen molar-refractivity contribution in [3.8, 4) is 0 Å². The van der Waals surface area contributed by atoms with E-state index in [1.165, 1.54) is 11.0 Å². The molecule has 7 heteroatoms. The summed E-state index contributed by atoms with van der Waals surface area (Å²) in [7, 11) is 0. The third-order valence-electron chi connectivity index (χ3n) is 7.16. The Morgan fingerprint density at radius 2 is 1.60 bits per heavy atom. The summed E-state index contributed by atoms with van der Waals surface area (Å²) in [6.45, 7) is 2.61. The Hall–Kier alpha value is -2.70. The van der Waals surface area contributed by atoms with Crippen molar-refractivity contribution in [3.63, 3.8) is 0 Å². The molecule has 1 aromatic rings. The molecular formula is C23H26FN3O3. The standard InChI is InChI=1S/C23H26FN3O3/c24-17-4-1-2-5-18(17)25-10-12-26(13-11-25)19(28)6-3-9-27-22(29)20-15-7-8-16(14-15)21(20)23(27)30/h1-2,4-5,7-8,15-16,20-21H,3,6,9-14H2/t15-,16-,20+,21+/m0/s1. The lowest BCUT2D eigenvalue weighted by molar-refractivity contribution is -0.141. The van der Waals surface area contributed by atoms with Crippen LogP contribution in [0.2, 0.25) is 0 Å². The highest BCUT2D eigenvalue weighted by Gasteiger charge is 2.58. The molecule has 2 saturated heterocycles. The van der Waals surface area contributed by atoms with Gasteiger partial charge >= 0.3 is 0 Å². The molecule has 1 saturated carbocycles. The number of benzene rings is 1. The summed E-state index contributed by atoms with van der Waals surface area (Å²) in [5.74, 6) is -0.220. The van der Waals surface area contributed by atoms with E-state index in [9.17, 15) is 18.8 Å². The maximum absolute atomic E-state index is 14.0. The quantitative estimate of drug-likeness (QED) is 0.550. The zero-order valence-corrected chi connectivity index (χ0v) is 16.9. The Labute approximate surface area is 175 Å².